The van der Waals surface area contributed by atoms with Crippen LogP contribution in [-0.4, -0.2) is 29.1 Å². The fourth-order valence-electron chi connectivity index (χ4n) is 3.20. The Bertz CT molecular complexity index is 763. The molecule has 2 aromatic rings. The molecular formula is C16H16FN3OS2. The van der Waals surface area contributed by atoms with Crippen LogP contribution in [0.5, 0.6) is 0 Å². The van der Waals surface area contributed by atoms with Crippen molar-refractivity contribution in [3.63, 3.8) is 0 Å². The Morgan fingerprint density at radius 1 is 1.43 bits per heavy atom. The third-order valence-electron chi connectivity index (χ3n) is 4.45. The van der Waals surface area contributed by atoms with Crippen molar-refractivity contribution in [1.82, 2.24) is 4.98 Å². The zero-order valence-corrected chi connectivity index (χ0v) is 14.0. The van der Waals surface area contributed by atoms with E-state index in [2.05, 4.69) is 4.98 Å². The zero-order chi connectivity index (χ0) is 15.9. The summed E-state index contributed by atoms with van der Waals surface area (Å²) in [6.07, 6.45) is 2.43. The summed E-state index contributed by atoms with van der Waals surface area (Å²) in [4.78, 5) is 9.59. The number of amidine groups is 1. The number of nitrogens with two attached hydrogens (primary N) is 1. The number of fused-ring (bicyclic) bond motifs is 1. The Kier molecular flexibility index (Phi) is 3.87. The Morgan fingerprint density at radius 2 is 2.35 bits per heavy atom. The lowest BCUT2D eigenvalue weighted by Crippen LogP contribution is -2.47. The lowest BCUT2D eigenvalue weighted by atomic mass is 9.80. The molecule has 0 radical (unpaired) electrons. The highest BCUT2D eigenvalue weighted by molar-refractivity contribution is 8.13. The molecule has 4 heterocycles. The summed E-state index contributed by atoms with van der Waals surface area (Å²) >= 11 is 3.20. The third-order valence-corrected chi connectivity index (χ3v) is 6.50. The Morgan fingerprint density at radius 3 is 3.22 bits per heavy atom. The van der Waals surface area contributed by atoms with Crippen LogP contribution in [0.25, 0.3) is 11.1 Å². The highest BCUT2D eigenvalue weighted by Gasteiger charge is 2.46. The second kappa shape index (κ2) is 5.89. The fraction of sp³-hybridized carbons (Fsp3) is 0.375. The SMILES string of the molecule is NC1=N[C@@]2(c3cc(-c4cccnc4F)cs3)COCC[C@H]2CS1. The molecule has 1 fully saturated rings. The van der Waals surface area contributed by atoms with Gasteiger partial charge in [-0.3, -0.25) is 0 Å². The molecule has 0 saturated carbocycles. The first kappa shape index (κ1) is 15.1. The molecule has 2 aromatic heterocycles. The minimum Gasteiger partial charge on any atom is -0.379 e. The molecule has 0 amide bonds. The summed E-state index contributed by atoms with van der Waals surface area (Å²) in [6, 6.07) is 5.50. The smallest absolute Gasteiger partial charge is 0.220 e. The highest BCUT2D eigenvalue weighted by Crippen LogP contribution is 2.47. The Hall–Kier alpha value is -1.44. The number of ether oxygens (including phenoxy) is 1. The lowest BCUT2D eigenvalue weighted by molar-refractivity contribution is 0.00613. The van der Waals surface area contributed by atoms with E-state index in [4.69, 9.17) is 15.5 Å². The molecule has 23 heavy (non-hydrogen) atoms. The molecule has 0 aliphatic carbocycles. The number of aliphatic imine (C=N–C) groups is 1. The summed E-state index contributed by atoms with van der Waals surface area (Å²) in [5.74, 6) is 0.902. The van der Waals surface area contributed by atoms with Crippen LogP contribution < -0.4 is 5.73 Å². The van der Waals surface area contributed by atoms with Crippen LogP contribution in [0.1, 0.15) is 11.3 Å². The topological polar surface area (TPSA) is 60.5 Å². The van der Waals surface area contributed by atoms with Crippen molar-refractivity contribution >= 4 is 28.3 Å². The number of halogens is 1. The third kappa shape index (κ3) is 2.56. The molecule has 1 saturated heterocycles. The monoisotopic (exact) mass is 349 g/mol. The van der Waals surface area contributed by atoms with Crippen molar-refractivity contribution in [2.75, 3.05) is 19.0 Å². The maximum absolute atomic E-state index is 13.9. The summed E-state index contributed by atoms with van der Waals surface area (Å²) in [6.45, 7) is 1.30. The normalized spacial score (nSPS) is 27.3. The molecular weight excluding hydrogens is 333 g/mol. The van der Waals surface area contributed by atoms with E-state index in [0.717, 1.165) is 29.2 Å². The van der Waals surface area contributed by atoms with Crippen molar-refractivity contribution in [3.05, 3.63) is 40.6 Å². The summed E-state index contributed by atoms with van der Waals surface area (Å²) < 4.78 is 19.7. The van der Waals surface area contributed by atoms with Gasteiger partial charge in [0.05, 0.1) is 6.61 Å². The largest absolute Gasteiger partial charge is 0.379 e. The quantitative estimate of drug-likeness (QED) is 0.846. The molecule has 2 aliphatic rings. The Balaban J connectivity index is 1.78. The van der Waals surface area contributed by atoms with Gasteiger partial charge < -0.3 is 10.5 Å². The lowest BCUT2D eigenvalue weighted by Gasteiger charge is -2.42. The predicted octanol–water partition coefficient (Wildman–Crippen LogP) is 3.24. The molecule has 4 nitrogen and oxygen atoms in total. The van der Waals surface area contributed by atoms with Gasteiger partial charge in [0.15, 0.2) is 5.17 Å². The van der Waals surface area contributed by atoms with Gasteiger partial charge in [-0.15, -0.1) is 11.3 Å². The number of thioether (sulfide) groups is 1. The van der Waals surface area contributed by atoms with E-state index >= 15 is 0 Å². The van der Waals surface area contributed by atoms with Gasteiger partial charge in [0.2, 0.25) is 5.95 Å². The van der Waals surface area contributed by atoms with Gasteiger partial charge in [-0.2, -0.15) is 4.39 Å². The molecule has 2 atom stereocenters. The minimum absolute atomic E-state index is 0.402. The highest BCUT2D eigenvalue weighted by atomic mass is 32.2. The van der Waals surface area contributed by atoms with Crippen molar-refractivity contribution < 1.29 is 9.13 Å². The van der Waals surface area contributed by atoms with Crippen LogP contribution in [0.3, 0.4) is 0 Å². The molecule has 120 valence electrons. The maximum atomic E-state index is 13.9. The molecule has 2 aliphatic heterocycles. The zero-order valence-electron chi connectivity index (χ0n) is 12.4. The second-order valence-corrected chi connectivity index (χ2v) is 7.72. The second-order valence-electron chi connectivity index (χ2n) is 5.76. The first-order valence-corrected chi connectivity index (χ1v) is 9.31. The average molecular weight is 349 g/mol. The van der Waals surface area contributed by atoms with E-state index in [9.17, 15) is 4.39 Å². The standard InChI is InChI=1S/C16H16FN3OS2/c17-14-12(2-1-4-19-14)10-6-13(22-7-10)16-9-21-5-3-11(16)8-23-15(18)20-16/h1-2,4,6-7,11H,3,5,8-9H2,(H2,18,20)/t11-,16-/m0/s1. The number of nitrogens with zero attached hydrogens (tertiary/aromatic N) is 2. The van der Waals surface area contributed by atoms with E-state index in [1.54, 1.807) is 35.2 Å². The van der Waals surface area contributed by atoms with Crippen molar-refractivity contribution in [2.24, 2.45) is 16.6 Å². The van der Waals surface area contributed by atoms with Gasteiger partial charge in [0.1, 0.15) is 5.54 Å². The van der Waals surface area contributed by atoms with E-state index < -0.39 is 11.5 Å². The van der Waals surface area contributed by atoms with Crippen molar-refractivity contribution in [2.45, 2.75) is 12.0 Å². The molecule has 0 spiro atoms. The van der Waals surface area contributed by atoms with Crippen LogP contribution in [0.15, 0.2) is 34.8 Å². The average Bonchev–Trinajstić information content (AvgIpc) is 3.05. The summed E-state index contributed by atoms with van der Waals surface area (Å²) in [7, 11) is 0. The van der Waals surface area contributed by atoms with Crippen LogP contribution in [0, 0.1) is 11.9 Å². The number of thiophene rings is 1. The van der Waals surface area contributed by atoms with Gasteiger partial charge in [-0.05, 0) is 35.6 Å². The van der Waals surface area contributed by atoms with Gasteiger partial charge in [-0.25, -0.2) is 9.98 Å². The molecule has 2 N–H and O–H groups in total. The Labute approximate surface area is 142 Å². The van der Waals surface area contributed by atoms with Crippen molar-refractivity contribution in [3.8, 4) is 11.1 Å². The molecule has 0 unspecified atom stereocenters. The molecule has 7 heteroatoms. The molecule has 4 rings (SSSR count). The van der Waals surface area contributed by atoms with Crippen LogP contribution in [0.4, 0.5) is 4.39 Å². The van der Waals surface area contributed by atoms with Gasteiger partial charge in [-0.1, -0.05) is 11.8 Å². The van der Waals surface area contributed by atoms with E-state index in [-0.39, 0.29) is 0 Å². The number of rotatable bonds is 2. The van der Waals surface area contributed by atoms with Gasteiger partial charge in [0, 0.05) is 34.9 Å². The van der Waals surface area contributed by atoms with Crippen LogP contribution >= 0.6 is 23.1 Å². The number of hydrogen-bond donors (Lipinski definition) is 1. The number of hydrogen-bond acceptors (Lipinski definition) is 6. The van der Waals surface area contributed by atoms with E-state index in [1.807, 2.05) is 11.4 Å². The fourth-order valence-corrected chi connectivity index (χ4v) is 5.36. The van der Waals surface area contributed by atoms with Crippen molar-refractivity contribution in [1.29, 1.82) is 0 Å². The van der Waals surface area contributed by atoms with E-state index in [1.165, 1.54) is 6.20 Å². The minimum atomic E-state index is -0.451. The molecule has 0 aromatic carbocycles. The maximum Gasteiger partial charge on any atom is 0.220 e. The predicted molar refractivity (Wildman–Crippen MR) is 92.2 cm³/mol. The van der Waals surface area contributed by atoms with E-state index in [0.29, 0.717) is 23.3 Å². The van der Waals surface area contributed by atoms with Gasteiger partial charge in [0.25, 0.3) is 0 Å². The first-order chi connectivity index (χ1) is 11.2. The number of pyridine rings is 1. The summed E-state index contributed by atoms with van der Waals surface area (Å²) in [5, 5.41) is 2.57. The van der Waals surface area contributed by atoms with Crippen LogP contribution in [0.2, 0.25) is 0 Å². The number of aromatic nitrogens is 1. The molecule has 0 bridgehead atoms. The van der Waals surface area contributed by atoms with Gasteiger partial charge >= 0.3 is 0 Å². The first-order valence-electron chi connectivity index (χ1n) is 7.45. The van der Waals surface area contributed by atoms with Crippen LogP contribution in [-0.2, 0) is 10.3 Å². The summed E-state index contributed by atoms with van der Waals surface area (Å²) in [5.41, 5.74) is 6.93.